The molecule has 1 aliphatic heterocycles. The molecule has 0 unspecified atom stereocenters. The predicted molar refractivity (Wildman–Crippen MR) is 76.2 cm³/mol. The van der Waals surface area contributed by atoms with Crippen LogP contribution in [0, 0.1) is 6.92 Å². The van der Waals surface area contributed by atoms with Gasteiger partial charge in [0.05, 0.1) is 4.08 Å². The van der Waals surface area contributed by atoms with Crippen molar-refractivity contribution >= 4 is 36.2 Å². The van der Waals surface area contributed by atoms with E-state index in [0.717, 1.165) is 12.2 Å². The fourth-order valence-corrected chi connectivity index (χ4v) is 5.82. The maximum atomic E-state index is 4.40. The average Bonchev–Trinajstić information content (AvgIpc) is 2.68. The van der Waals surface area contributed by atoms with E-state index in [2.05, 4.69) is 67.3 Å². The molecular formula is C12H16S3. The van der Waals surface area contributed by atoms with Crippen LogP contribution in [-0.2, 0) is 4.08 Å². The van der Waals surface area contributed by atoms with E-state index < -0.39 is 0 Å². The summed E-state index contributed by atoms with van der Waals surface area (Å²) in [7, 11) is 0. The lowest BCUT2D eigenvalue weighted by Gasteiger charge is -2.27. The second kappa shape index (κ2) is 5.07. The quantitative estimate of drug-likeness (QED) is 0.813. The zero-order chi connectivity index (χ0) is 10.7. The van der Waals surface area contributed by atoms with Crippen molar-refractivity contribution in [2.45, 2.75) is 17.4 Å². The molecule has 1 heterocycles. The first-order valence-corrected chi connectivity index (χ1v) is 7.83. The standard InChI is InChI=1S/C12H16S3/c1-10-3-2-4-11(9-10)12(5-6-13)14-7-8-15-12/h2-4,9,13H,5-8H2,1H3. The van der Waals surface area contributed by atoms with Crippen LogP contribution >= 0.6 is 36.2 Å². The highest BCUT2D eigenvalue weighted by atomic mass is 32.2. The minimum Gasteiger partial charge on any atom is -0.179 e. The summed E-state index contributed by atoms with van der Waals surface area (Å²) in [5.41, 5.74) is 2.84. The van der Waals surface area contributed by atoms with Crippen molar-refractivity contribution in [1.82, 2.24) is 0 Å². The Labute approximate surface area is 106 Å². The van der Waals surface area contributed by atoms with Crippen molar-refractivity contribution in [3.05, 3.63) is 35.4 Å². The van der Waals surface area contributed by atoms with E-state index in [4.69, 9.17) is 0 Å². The summed E-state index contributed by atoms with van der Waals surface area (Å²) < 4.78 is 0.285. The van der Waals surface area contributed by atoms with Crippen molar-refractivity contribution in [3.8, 4) is 0 Å². The number of thioether (sulfide) groups is 2. The molecule has 0 spiro atoms. The Bertz CT molecular complexity index is 329. The summed E-state index contributed by atoms with van der Waals surface area (Å²) in [6, 6.07) is 8.93. The summed E-state index contributed by atoms with van der Waals surface area (Å²) in [5.74, 6) is 3.51. The highest BCUT2D eigenvalue weighted by molar-refractivity contribution is 8.20. The summed E-state index contributed by atoms with van der Waals surface area (Å²) in [6.45, 7) is 2.17. The van der Waals surface area contributed by atoms with Crippen molar-refractivity contribution in [3.63, 3.8) is 0 Å². The molecule has 0 N–H and O–H groups in total. The Morgan fingerprint density at radius 1 is 1.33 bits per heavy atom. The number of rotatable bonds is 3. The Hall–Kier alpha value is 0.270. The molecule has 1 fully saturated rings. The molecule has 0 amide bonds. The summed E-state index contributed by atoms with van der Waals surface area (Å²) in [4.78, 5) is 0. The molecule has 0 bridgehead atoms. The minimum atomic E-state index is 0.285. The summed E-state index contributed by atoms with van der Waals surface area (Å²) in [5, 5.41) is 0. The summed E-state index contributed by atoms with van der Waals surface area (Å²) >= 11 is 8.58. The molecule has 0 radical (unpaired) electrons. The van der Waals surface area contributed by atoms with Crippen LogP contribution in [0.1, 0.15) is 17.5 Å². The summed E-state index contributed by atoms with van der Waals surface area (Å²) in [6.07, 6.45) is 1.16. The van der Waals surface area contributed by atoms with Gasteiger partial charge in [0.2, 0.25) is 0 Å². The van der Waals surface area contributed by atoms with Crippen LogP contribution in [0.4, 0.5) is 0 Å². The van der Waals surface area contributed by atoms with E-state index >= 15 is 0 Å². The maximum absolute atomic E-state index is 4.40. The number of aryl methyl sites for hydroxylation is 1. The zero-order valence-corrected chi connectivity index (χ0v) is 11.4. The van der Waals surface area contributed by atoms with E-state index in [-0.39, 0.29) is 4.08 Å². The van der Waals surface area contributed by atoms with Gasteiger partial charge in [-0.15, -0.1) is 23.5 Å². The van der Waals surface area contributed by atoms with Gasteiger partial charge in [-0.3, -0.25) is 0 Å². The van der Waals surface area contributed by atoms with Crippen molar-refractivity contribution in [1.29, 1.82) is 0 Å². The smallest absolute Gasteiger partial charge is 0.0868 e. The number of hydrogen-bond donors (Lipinski definition) is 1. The molecule has 1 saturated heterocycles. The lowest BCUT2D eigenvalue weighted by Crippen LogP contribution is -2.15. The molecule has 0 aromatic heterocycles. The first-order chi connectivity index (χ1) is 7.27. The molecule has 1 aliphatic rings. The Balaban J connectivity index is 2.31. The van der Waals surface area contributed by atoms with Gasteiger partial charge in [-0.05, 0) is 24.7 Å². The van der Waals surface area contributed by atoms with E-state index in [1.807, 2.05) is 0 Å². The van der Waals surface area contributed by atoms with Crippen LogP contribution in [0.5, 0.6) is 0 Å². The SMILES string of the molecule is Cc1cccc(C2(CCS)SCCS2)c1. The van der Waals surface area contributed by atoms with Crippen LogP contribution in [0.25, 0.3) is 0 Å². The largest absolute Gasteiger partial charge is 0.179 e. The third kappa shape index (κ3) is 2.51. The van der Waals surface area contributed by atoms with Gasteiger partial charge in [-0.25, -0.2) is 0 Å². The Morgan fingerprint density at radius 2 is 2.07 bits per heavy atom. The molecule has 2 rings (SSSR count). The molecule has 0 atom stereocenters. The Morgan fingerprint density at radius 3 is 2.67 bits per heavy atom. The van der Waals surface area contributed by atoms with Gasteiger partial charge in [0.1, 0.15) is 0 Å². The average molecular weight is 256 g/mol. The molecule has 1 aromatic rings. The van der Waals surface area contributed by atoms with Gasteiger partial charge in [0.15, 0.2) is 0 Å². The fourth-order valence-electron chi connectivity index (χ4n) is 1.94. The lowest BCUT2D eigenvalue weighted by molar-refractivity contribution is 0.850. The van der Waals surface area contributed by atoms with Gasteiger partial charge >= 0.3 is 0 Å². The second-order valence-corrected chi connectivity index (χ2v) is 7.29. The molecule has 1 aromatic carbocycles. The van der Waals surface area contributed by atoms with Gasteiger partial charge in [-0.2, -0.15) is 12.6 Å². The van der Waals surface area contributed by atoms with Crippen LogP contribution < -0.4 is 0 Å². The first kappa shape index (κ1) is 11.7. The Kier molecular flexibility index (Phi) is 3.97. The molecule has 0 aliphatic carbocycles. The van der Waals surface area contributed by atoms with Gasteiger partial charge in [0.25, 0.3) is 0 Å². The third-order valence-electron chi connectivity index (χ3n) is 2.65. The highest BCUT2D eigenvalue weighted by Gasteiger charge is 2.36. The molecular weight excluding hydrogens is 240 g/mol. The van der Waals surface area contributed by atoms with Crippen LogP contribution in [0.15, 0.2) is 24.3 Å². The topological polar surface area (TPSA) is 0 Å². The van der Waals surface area contributed by atoms with Crippen LogP contribution in [-0.4, -0.2) is 17.3 Å². The van der Waals surface area contributed by atoms with E-state index in [1.165, 1.54) is 22.6 Å². The van der Waals surface area contributed by atoms with Crippen molar-refractivity contribution in [2.24, 2.45) is 0 Å². The monoisotopic (exact) mass is 256 g/mol. The first-order valence-electron chi connectivity index (χ1n) is 5.23. The number of benzene rings is 1. The third-order valence-corrected chi connectivity index (χ3v) is 6.47. The van der Waals surface area contributed by atoms with Gasteiger partial charge in [0, 0.05) is 11.5 Å². The number of hydrogen-bond acceptors (Lipinski definition) is 3. The van der Waals surface area contributed by atoms with Crippen molar-refractivity contribution < 1.29 is 0 Å². The highest BCUT2D eigenvalue weighted by Crippen LogP contribution is 2.54. The maximum Gasteiger partial charge on any atom is 0.0868 e. The minimum absolute atomic E-state index is 0.285. The van der Waals surface area contributed by atoms with Crippen LogP contribution in [0.3, 0.4) is 0 Å². The molecule has 3 heteroatoms. The lowest BCUT2D eigenvalue weighted by atomic mass is 10.1. The normalized spacial score (nSPS) is 19.3. The molecule has 0 nitrogen and oxygen atoms in total. The van der Waals surface area contributed by atoms with E-state index in [1.54, 1.807) is 0 Å². The molecule has 0 saturated carbocycles. The zero-order valence-electron chi connectivity index (χ0n) is 8.90. The van der Waals surface area contributed by atoms with Crippen molar-refractivity contribution in [2.75, 3.05) is 17.3 Å². The van der Waals surface area contributed by atoms with Crippen LogP contribution in [0.2, 0.25) is 0 Å². The van der Waals surface area contributed by atoms with Gasteiger partial charge < -0.3 is 0 Å². The fraction of sp³-hybridized carbons (Fsp3) is 0.500. The predicted octanol–water partition coefficient (Wildman–Crippen LogP) is 3.95. The molecule has 82 valence electrons. The number of thiol groups is 1. The van der Waals surface area contributed by atoms with E-state index in [9.17, 15) is 0 Å². The van der Waals surface area contributed by atoms with Gasteiger partial charge in [-0.1, -0.05) is 29.8 Å². The second-order valence-electron chi connectivity index (χ2n) is 3.79. The van der Waals surface area contributed by atoms with E-state index in [0.29, 0.717) is 0 Å². The molecule has 15 heavy (non-hydrogen) atoms.